The van der Waals surface area contributed by atoms with E-state index in [2.05, 4.69) is 15.9 Å². The molecule has 5 nitrogen and oxygen atoms in total. The Morgan fingerprint density at radius 1 is 1.26 bits per heavy atom. The molecule has 0 amide bonds. The van der Waals surface area contributed by atoms with Crippen molar-refractivity contribution < 1.29 is 14.5 Å². The lowest BCUT2D eigenvalue weighted by atomic mass is 9.98. The van der Waals surface area contributed by atoms with Gasteiger partial charge < -0.3 is 4.74 Å². The largest absolute Gasteiger partial charge is 0.488 e. The van der Waals surface area contributed by atoms with Crippen molar-refractivity contribution in [1.29, 1.82) is 0 Å². The van der Waals surface area contributed by atoms with E-state index in [0.717, 1.165) is 4.47 Å². The van der Waals surface area contributed by atoms with Crippen molar-refractivity contribution in [1.82, 2.24) is 0 Å². The normalized spacial score (nSPS) is 15.2. The molecule has 7 heteroatoms. The van der Waals surface area contributed by atoms with Crippen molar-refractivity contribution in [2.24, 2.45) is 0 Å². The predicted octanol–water partition coefficient (Wildman–Crippen LogP) is 4.67. The lowest BCUT2D eigenvalue weighted by Gasteiger charge is -2.19. The zero-order valence-corrected chi connectivity index (χ0v) is 13.9. The first kappa shape index (κ1) is 15.7. The van der Waals surface area contributed by atoms with Crippen molar-refractivity contribution in [3.05, 3.63) is 72.7 Å². The number of benzene rings is 2. The van der Waals surface area contributed by atoms with Gasteiger partial charge in [0.25, 0.3) is 5.69 Å². The molecule has 0 aliphatic carbocycles. The number of ketones is 1. The molecule has 116 valence electrons. The zero-order valence-electron chi connectivity index (χ0n) is 11.6. The smallest absolute Gasteiger partial charge is 0.288 e. The Labute approximate surface area is 144 Å². The van der Waals surface area contributed by atoms with E-state index >= 15 is 0 Å². The highest BCUT2D eigenvalue weighted by Crippen LogP contribution is 2.31. The highest BCUT2D eigenvalue weighted by molar-refractivity contribution is 9.10. The Morgan fingerprint density at radius 3 is 2.78 bits per heavy atom. The number of carbonyl (C=O) groups is 1. The average Bonchev–Trinajstić information content (AvgIpc) is 2.52. The van der Waals surface area contributed by atoms with E-state index in [1.165, 1.54) is 12.1 Å². The topological polar surface area (TPSA) is 69.4 Å². The molecule has 0 unspecified atom stereocenters. The number of Topliss-reactive ketones (excluding diaryl/α,β-unsaturated/α-hetero) is 1. The molecule has 2 aromatic carbocycles. The summed E-state index contributed by atoms with van der Waals surface area (Å²) in [4.78, 5) is 22.9. The van der Waals surface area contributed by atoms with Gasteiger partial charge in [0.2, 0.25) is 0 Å². The van der Waals surface area contributed by atoms with Crippen molar-refractivity contribution >= 4 is 45.1 Å². The highest BCUT2D eigenvalue weighted by atomic mass is 79.9. The first-order chi connectivity index (χ1) is 11.0. The summed E-state index contributed by atoms with van der Waals surface area (Å²) < 4.78 is 6.34. The van der Waals surface area contributed by atoms with Gasteiger partial charge in [-0.1, -0.05) is 33.6 Å². The second kappa shape index (κ2) is 6.14. The van der Waals surface area contributed by atoms with Crippen LogP contribution in [0.25, 0.3) is 6.08 Å². The Balaban J connectivity index is 2.00. The minimum Gasteiger partial charge on any atom is -0.488 e. The summed E-state index contributed by atoms with van der Waals surface area (Å²) in [5.41, 5.74) is 1.20. The third-order valence-corrected chi connectivity index (χ3v) is 4.18. The zero-order chi connectivity index (χ0) is 16.6. The number of hydrogen-bond acceptors (Lipinski definition) is 4. The number of carbonyl (C=O) groups excluding carboxylic acids is 1. The van der Waals surface area contributed by atoms with Gasteiger partial charge in [0, 0.05) is 16.1 Å². The predicted molar refractivity (Wildman–Crippen MR) is 90.1 cm³/mol. The van der Waals surface area contributed by atoms with Crippen molar-refractivity contribution in [2.75, 3.05) is 6.61 Å². The summed E-state index contributed by atoms with van der Waals surface area (Å²) in [6, 6.07) is 9.59. The van der Waals surface area contributed by atoms with Crippen molar-refractivity contribution in [3.63, 3.8) is 0 Å². The van der Waals surface area contributed by atoms with E-state index in [9.17, 15) is 14.9 Å². The van der Waals surface area contributed by atoms with Gasteiger partial charge in [-0.3, -0.25) is 14.9 Å². The number of rotatable bonds is 2. The SMILES string of the molecule is O=C1/C(=C/c2ccc(Cl)c([N+](=O)[O-])c2)COc2ccc(Br)cc21. The molecular weight excluding hydrogens is 386 g/mol. The fourth-order valence-corrected chi connectivity index (χ4v) is 2.81. The number of nitro benzene ring substituents is 1. The summed E-state index contributed by atoms with van der Waals surface area (Å²) in [7, 11) is 0. The standard InChI is InChI=1S/C16H9BrClNO4/c17-11-2-4-15-12(7-11)16(20)10(8-23-15)5-9-1-3-13(18)14(6-9)19(21)22/h1-7H,8H2/b10-5+. The molecule has 0 N–H and O–H groups in total. The molecule has 0 aromatic heterocycles. The van der Waals surface area contributed by atoms with Crippen LogP contribution in [-0.2, 0) is 0 Å². The summed E-state index contributed by atoms with van der Waals surface area (Å²) >= 11 is 9.11. The van der Waals surface area contributed by atoms with Crippen LogP contribution in [0.1, 0.15) is 15.9 Å². The number of fused-ring (bicyclic) bond motifs is 1. The van der Waals surface area contributed by atoms with Crippen LogP contribution >= 0.6 is 27.5 Å². The van der Waals surface area contributed by atoms with Crippen LogP contribution in [0.5, 0.6) is 5.75 Å². The molecule has 0 atom stereocenters. The van der Waals surface area contributed by atoms with E-state index in [1.54, 1.807) is 30.3 Å². The van der Waals surface area contributed by atoms with Gasteiger partial charge in [0.15, 0.2) is 5.78 Å². The lowest BCUT2D eigenvalue weighted by Crippen LogP contribution is -2.19. The van der Waals surface area contributed by atoms with Crippen LogP contribution in [0.3, 0.4) is 0 Å². The minimum absolute atomic E-state index is 0.0534. The third-order valence-electron chi connectivity index (χ3n) is 3.37. The van der Waals surface area contributed by atoms with E-state index < -0.39 is 4.92 Å². The molecule has 0 fully saturated rings. The molecule has 0 bridgehead atoms. The summed E-state index contributed by atoms with van der Waals surface area (Å²) in [5.74, 6) is 0.364. The van der Waals surface area contributed by atoms with Crippen LogP contribution in [0.4, 0.5) is 5.69 Å². The van der Waals surface area contributed by atoms with Gasteiger partial charge in [-0.2, -0.15) is 0 Å². The van der Waals surface area contributed by atoms with Crippen LogP contribution < -0.4 is 4.74 Å². The first-order valence-electron chi connectivity index (χ1n) is 6.57. The third kappa shape index (κ3) is 3.13. The number of ether oxygens (including phenoxy) is 1. The Kier molecular flexibility index (Phi) is 4.19. The second-order valence-electron chi connectivity index (χ2n) is 4.90. The van der Waals surface area contributed by atoms with E-state index in [4.69, 9.17) is 16.3 Å². The molecule has 0 spiro atoms. The van der Waals surface area contributed by atoms with Crippen molar-refractivity contribution in [3.8, 4) is 5.75 Å². The number of halogens is 2. The van der Waals surface area contributed by atoms with Crippen LogP contribution in [-0.4, -0.2) is 17.3 Å². The number of nitrogens with zero attached hydrogens (tertiary/aromatic N) is 1. The Bertz CT molecular complexity index is 863. The second-order valence-corrected chi connectivity index (χ2v) is 6.22. The van der Waals surface area contributed by atoms with Gasteiger partial charge in [0.1, 0.15) is 17.4 Å². The van der Waals surface area contributed by atoms with Crippen LogP contribution in [0.15, 0.2) is 46.4 Å². The molecule has 0 radical (unpaired) electrons. The molecule has 1 heterocycles. The summed E-state index contributed by atoms with van der Waals surface area (Å²) in [6.45, 7) is 0.115. The van der Waals surface area contributed by atoms with Crippen LogP contribution in [0, 0.1) is 10.1 Å². The fourth-order valence-electron chi connectivity index (χ4n) is 2.27. The summed E-state index contributed by atoms with van der Waals surface area (Å²) in [6.07, 6.45) is 1.58. The van der Waals surface area contributed by atoms with Gasteiger partial charge >= 0.3 is 0 Å². The molecule has 23 heavy (non-hydrogen) atoms. The number of nitro groups is 1. The van der Waals surface area contributed by atoms with Gasteiger partial charge in [-0.25, -0.2) is 0 Å². The van der Waals surface area contributed by atoms with Gasteiger partial charge in [-0.15, -0.1) is 0 Å². The molecule has 2 aromatic rings. The highest BCUT2D eigenvalue weighted by Gasteiger charge is 2.24. The molecule has 1 aliphatic heterocycles. The van der Waals surface area contributed by atoms with Gasteiger partial charge in [0.05, 0.1) is 10.5 Å². The minimum atomic E-state index is -0.560. The average molecular weight is 395 g/mol. The fraction of sp³-hybridized carbons (Fsp3) is 0.0625. The molecule has 0 saturated heterocycles. The van der Waals surface area contributed by atoms with Gasteiger partial charge in [-0.05, 0) is 35.9 Å². The van der Waals surface area contributed by atoms with Crippen molar-refractivity contribution in [2.45, 2.75) is 0 Å². The molecular formula is C16H9BrClNO4. The number of hydrogen-bond donors (Lipinski definition) is 0. The monoisotopic (exact) mass is 393 g/mol. The Hall–Kier alpha value is -2.18. The maximum absolute atomic E-state index is 12.5. The maximum Gasteiger partial charge on any atom is 0.288 e. The molecule has 1 aliphatic rings. The molecule has 0 saturated carbocycles. The Morgan fingerprint density at radius 2 is 2.04 bits per heavy atom. The molecule has 3 rings (SSSR count). The van der Waals surface area contributed by atoms with E-state index in [0.29, 0.717) is 22.4 Å². The lowest BCUT2D eigenvalue weighted by molar-refractivity contribution is -0.384. The maximum atomic E-state index is 12.5. The van der Waals surface area contributed by atoms with E-state index in [1.807, 2.05) is 0 Å². The van der Waals surface area contributed by atoms with Crippen LogP contribution in [0.2, 0.25) is 5.02 Å². The first-order valence-corrected chi connectivity index (χ1v) is 7.74. The quantitative estimate of drug-likeness (QED) is 0.422. The summed E-state index contributed by atoms with van der Waals surface area (Å²) in [5, 5.41) is 11.0. The van der Waals surface area contributed by atoms with E-state index in [-0.39, 0.29) is 23.1 Å².